The molecule has 0 N–H and O–H groups in total. The largest absolute Gasteiger partial charge is 0.0587 e. The first kappa shape index (κ1) is 17.9. The van der Waals surface area contributed by atoms with Gasteiger partial charge in [0, 0.05) is 4.47 Å². The van der Waals surface area contributed by atoms with Crippen LogP contribution in [-0.4, -0.2) is 0 Å². The maximum absolute atomic E-state index is 3.89. The fourth-order valence-corrected chi connectivity index (χ4v) is 3.63. The van der Waals surface area contributed by atoms with Gasteiger partial charge < -0.3 is 0 Å². The fraction of sp³-hybridized carbons (Fsp3) is 0.250. The van der Waals surface area contributed by atoms with Gasteiger partial charge in [0.1, 0.15) is 0 Å². The summed E-state index contributed by atoms with van der Waals surface area (Å²) < 4.78 is 1.16. The Hall–Kier alpha value is -1.86. The summed E-state index contributed by atoms with van der Waals surface area (Å²) >= 11 is 3.89. The van der Waals surface area contributed by atoms with Crippen LogP contribution in [0.3, 0.4) is 0 Å². The number of hydrogen-bond donors (Lipinski definition) is 0. The highest BCUT2D eigenvalue weighted by atomic mass is 79.9. The van der Waals surface area contributed by atoms with Crippen molar-refractivity contribution in [2.45, 2.75) is 40.0 Å². The van der Waals surface area contributed by atoms with Gasteiger partial charge in [-0.05, 0) is 75.1 Å². The van der Waals surface area contributed by atoms with Gasteiger partial charge in [-0.3, -0.25) is 0 Å². The van der Waals surface area contributed by atoms with Crippen molar-refractivity contribution >= 4 is 15.9 Å². The van der Waals surface area contributed by atoms with E-state index in [1.165, 1.54) is 38.9 Å². The summed E-state index contributed by atoms with van der Waals surface area (Å²) in [4.78, 5) is 0. The molecule has 0 aromatic heterocycles. The lowest BCUT2D eigenvalue weighted by Crippen LogP contribution is -2.11. The minimum atomic E-state index is 0.0968. The maximum atomic E-state index is 3.89. The van der Waals surface area contributed by atoms with E-state index in [1.54, 1.807) is 0 Å². The topological polar surface area (TPSA) is 0 Å². The second-order valence-electron chi connectivity index (χ2n) is 7.87. The molecule has 0 amide bonds. The van der Waals surface area contributed by atoms with Crippen LogP contribution in [0.2, 0.25) is 0 Å². The van der Waals surface area contributed by atoms with Crippen LogP contribution in [0.4, 0.5) is 0 Å². The normalized spacial score (nSPS) is 11.6. The smallest absolute Gasteiger partial charge is 0.0332 e. The highest BCUT2D eigenvalue weighted by Crippen LogP contribution is 2.40. The fourth-order valence-electron chi connectivity index (χ4n) is 2.94. The molecule has 0 nitrogen and oxygen atoms in total. The van der Waals surface area contributed by atoms with Gasteiger partial charge in [0.2, 0.25) is 0 Å². The molecule has 0 aliphatic heterocycles. The van der Waals surface area contributed by atoms with E-state index in [9.17, 15) is 0 Å². The molecule has 0 bridgehead atoms. The molecule has 0 aliphatic rings. The quantitative estimate of drug-likeness (QED) is 0.418. The van der Waals surface area contributed by atoms with Gasteiger partial charge in [-0.25, -0.2) is 0 Å². The Labute approximate surface area is 160 Å². The van der Waals surface area contributed by atoms with E-state index in [2.05, 4.69) is 111 Å². The molecule has 128 valence electrons. The zero-order valence-corrected chi connectivity index (χ0v) is 17.2. The summed E-state index contributed by atoms with van der Waals surface area (Å²) in [5, 5.41) is 0. The van der Waals surface area contributed by atoms with E-state index in [-0.39, 0.29) is 5.41 Å². The van der Waals surface area contributed by atoms with Crippen LogP contribution in [0, 0.1) is 13.8 Å². The first-order valence-corrected chi connectivity index (χ1v) is 9.53. The zero-order valence-electron chi connectivity index (χ0n) is 15.7. The van der Waals surface area contributed by atoms with Crippen molar-refractivity contribution in [1.29, 1.82) is 0 Å². The molecule has 0 radical (unpaired) electrons. The second kappa shape index (κ2) is 6.80. The molecule has 25 heavy (non-hydrogen) atoms. The van der Waals surface area contributed by atoms with Gasteiger partial charge in [0.15, 0.2) is 0 Å². The summed E-state index contributed by atoms with van der Waals surface area (Å²) in [7, 11) is 0. The van der Waals surface area contributed by atoms with Crippen LogP contribution >= 0.6 is 15.9 Å². The Bertz CT molecular complexity index is 812. The highest BCUT2D eigenvalue weighted by molar-refractivity contribution is 9.10. The Balaban J connectivity index is 2.26. The van der Waals surface area contributed by atoms with Crippen molar-refractivity contribution in [2.75, 3.05) is 0 Å². The SMILES string of the molecule is Cc1ccc(-c2cc(C(C)(C)C)cc(-c3ccc(C)cc3)c2Br)cc1. The standard InChI is InChI=1S/C24H25Br/c1-16-6-10-18(11-7-16)21-14-20(24(3,4)5)15-22(23(21)25)19-12-8-17(2)9-13-19/h6-15H,1-5H3. The van der Waals surface area contributed by atoms with Gasteiger partial charge in [-0.1, -0.05) is 80.4 Å². The summed E-state index contributed by atoms with van der Waals surface area (Å²) in [6.45, 7) is 11.1. The van der Waals surface area contributed by atoms with Gasteiger partial charge in [-0.2, -0.15) is 0 Å². The lowest BCUT2D eigenvalue weighted by atomic mass is 9.83. The van der Waals surface area contributed by atoms with Crippen LogP contribution in [0.25, 0.3) is 22.3 Å². The predicted molar refractivity (Wildman–Crippen MR) is 113 cm³/mol. The van der Waals surface area contributed by atoms with E-state index in [4.69, 9.17) is 0 Å². The molecule has 3 rings (SSSR count). The molecule has 0 fully saturated rings. The van der Waals surface area contributed by atoms with Crippen molar-refractivity contribution in [1.82, 2.24) is 0 Å². The molecule has 0 atom stereocenters. The zero-order chi connectivity index (χ0) is 18.2. The molecule has 3 aromatic rings. The first-order valence-electron chi connectivity index (χ1n) is 8.74. The van der Waals surface area contributed by atoms with Crippen molar-refractivity contribution in [3.05, 3.63) is 81.8 Å². The van der Waals surface area contributed by atoms with Crippen LogP contribution in [0.5, 0.6) is 0 Å². The molecule has 3 aromatic carbocycles. The summed E-state index contributed by atoms with van der Waals surface area (Å²) in [6.07, 6.45) is 0. The van der Waals surface area contributed by atoms with E-state index < -0.39 is 0 Å². The van der Waals surface area contributed by atoms with Gasteiger partial charge >= 0.3 is 0 Å². The summed E-state index contributed by atoms with van der Waals surface area (Å²) in [5.41, 5.74) is 9.01. The molecule has 0 heterocycles. The van der Waals surface area contributed by atoms with E-state index in [0.717, 1.165) is 4.47 Å². The van der Waals surface area contributed by atoms with Crippen LogP contribution < -0.4 is 0 Å². The second-order valence-corrected chi connectivity index (χ2v) is 8.66. The van der Waals surface area contributed by atoms with E-state index in [1.807, 2.05) is 0 Å². The van der Waals surface area contributed by atoms with Gasteiger partial charge in [-0.15, -0.1) is 0 Å². The third kappa shape index (κ3) is 3.88. The molecule has 0 aliphatic carbocycles. The molecular formula is C24H25Br. The average Bonchev–Trinajstić information content (AvgIpc) is 2.56. The predicted octanol–water partition coefficient (Wildman–Crippen LogP) is 7.70. The van der Waals surface area contributed by atoms with Crippen molar-refractivity contribution in [3.8, 4) is 22.3 Å². The lowest BCUT2D eigenvalue weighted by Gasteiger charge is -2.23. The highest BCUT2D eigenvalue weighted by Gasteiger charge is 2.19. The number of benzene rings is 3. The Kier molecular flexibility index (Phi) is 4.88. The average molecular weight is 393 g/mol. The Morgan fingerprint density at radius 3 is 1.32 bits per heavy atom. The van der Waals surface area contributed by atoms with E-state index in [0.29, 0.717) is 0 Å². The number of rotatable bonds is 2. The Morgan fingerprint density at radius 1 is 0.640 bits per heavy atom. The number of hydrogen-bond acceptors (Lipinski definition) is 0. The Morgan fingerprint density at radius 2 is 1.00 bits per heavy atom. The van der Waals surface area contributed by atoms with Gasteiger partial charge in [0.05, 0.1) is 0 Å². The maximum Gasteiger partial charge on any atom is 0.0332 e. The third-order valence-electron chi connectivity index (χ3n) is 4.66. The molecular weight excluding hydrogens is 368 g/mol. The van der Waals surface area contributed by atoms with Gasteiger partial charge in [0.25, 0.3) is 0 Å². The minimum Gasteiger partial charge on any atom is -0.0587 e. The van der Waals surface area contributed by atoms with Crippen molar-refractivity contribution < 1.29 is 0 Å². The summed E-state index contributed by atoms with van der Waals surface area (Å²) in [5.74, 6) is 0. The summed E-state index contributed by atoms with van der Waals surface area (Å²) in [6, 6.07) is 22.2. The molecule has 0 spiro atoms. The van der Waals surface area contributed by atoms with Crippen molar-refractivity contribution in [3.63, 3.8) is 0 Å². The van der Waals surface area contributed by atoms with Crippen LogP contribution in [0.1, 0.15) is 37.5 Å². The molecule has 0 saturated carbocycles. The number of aryl methyl sites for hydroxylation is 2. The molecule has 1 heteroatoms. The monoisotopic (exact) mass is 392 g/mol. The number of halogens is 1. The molecule has 0 saturated heterocycles. The van der Waals surface area contributed by atoms with Crippen LogP contribution in [-0.2, 0) is 5.41 Å². The minimum absolute atomic E-state index is 0.0968. The third-order valence-corrected chi connectivity index (χ3v) is 5.52. The lowest BCUT2D eigenvalue weighted by molar-refractivity contribution is 0.590. The molecule has 0 unspecified atom stereocenters. The van der Waals surface area contributed by atoms with Crippen LogP contribution in [0.15, 0.2) is 65.1 Å². The van der Waals surface area contributed by atoms with E-state index >= 15 is 0 Å². The van der Waals surface area contributed by atoms with Crippen molar-refractivity contribution in [2.24, 2.45) is 0 Å². The first-order chi connectivity index (χ1) is 11.8.